The quantitative estimate of drug-likeness (QED) is 0.823. The van der Waals surface area contributed by atoms with Crippen LogP contribution in [0, 0.1) is 0 Å². The number of carbonyl (C=O) groups excluding carboxylic acids is 1. The maximum atomic E-state index is 11.0. The van der Waals surface area contributed by atoms with Gasteiger partial charge in [0.05, 0.1) is 0 Å². The molecule has 0 saturated carbocycles. The standard InChI is InChI=1S/C7H6BrNO4S/c8-5-1-2-6(13-4-10)7(3-5)14(9,11)12/h1-4H,(H2,9,11,12). The summed E-state index contributed by atoms with van der Waals surface area (Å²) in [4.78, 5) is 9.83. The second-order valence-electron chi connectivity index (χ2n) is 2.35. The first-order valence-corrected chi connectivity index (χ1v) is 5.72. The summed E-state index contributed by atoms with van der Waals surface area (Å²) < 4.78 is 27.1. The van der Waals surface area contributed by atoms with Crippen LogP contribution in [-0.2, 0) is 14.8 Å². The predicted molar refractivity (Wildman–Crippen MR) is 52.2 cm³/mol. The van der Waals surface area contributed by atoms with E-state index in [2.05, 4.69) is 20.7 Å². The fraction of sp³-hybridized carbons (Fsp3) is 0. The molecular weight excluding hydrogens is 274 g/mol. The van der Waals surface area contributed by atoms with Gasteiger partial charge in [-0.1, -0.05) is 15.9 Å². The number of rotatable bonds is 3. The minimum absolute atomic E-state index is 0.0919. The van der Waals surface area contributed by atoms with E-state index in [0.29, 0.717) is 4.47 Å². The summed E-state index contributed by atoms with van der Waals surface area (Å²) in [5, 5.41) is 4.91. The molecule has 0 saturated heterocycles. The van der Waals surface area contributed by atoms with Crippen molar-refractivity contribution in [2.24, 2.45) is 5.14 Å². The fourth-order valence-electron chi connectivity index (χ4n) is 0.853. The van der Waals surface area contributed by atoms with E-state index in [1.54, 1.807) is 0 Å². The van der Waals surface area contributed by atoms with Gasteiger partial charge in [0.25, 0.3) is 6.47 Å². The zero-order valence-electron chi connectivity index (χ0n) is 6.81. The van der Waals surface area contributed by atoms with E-state index in [4.69, 9.17) is 5.14 Å². The van der Waals surface area contributed by atoms with Crippen molar-refractivity contribution in [1.29, 1.82) is 0 Å². The minimum atomic E-state index is -3.89. The second-order valence-corrected chi connectivity index (χ2v) is 4.80. The van der Waals surface area contributed by atoms with Gasteiger partial charge in [0.1, 0.15) is 4.90 Å². The number of halogens is 1. The lowest BCUT2D eigenvalue weighted by Crippen LogP contribution is -2.13. The van der Waals surface area contributed by atoms with Crippen LogP contribution in [0.5, 0.6) is 5.75 Å². The third-order valence-corrected chi connectivity index (χ3v) is 2.81. The zero-order chi connectivity index (χ0) is 10.8. The summed E-state index contributed by atoms with van der Waals surface area (Å²) in [6, 6.07) is 4.12. The highest BCUT2D eigenvalue weighted by molar-refractivity contribution is 9.10. The first-order chi connectivity index (χ1) is 6.45. The Morgan fingerprint density at radius 3 is 2.57 bits per heavy atom. The van der Waals surface area contributed by atoms with Crippen molar-refractivity contribution in [3.8, 4) is 5.75 Å². The van der Waals surface area contributed by atoms with Crippen LogP contribution in [0.15, 0.2) is 27.6 Å². The number of benzene rings is 1. The topological polar surface area (TPSA) is 86.5 Å². The lowest BCUT2D eigenvalue weighted by molar-refractivity contribution is -0.120. The highest BCUT2D eigenvalue weighted by Gasteiger charge is 2.15. The Balaban J connectivity index is 3.37. The van der Waals surface area contributed by atoms with E-state index >= 15 is 0 Å². The van der Waals surface area contributed by atoms with Crippen LogP contribution in [0.2, 0.25) is 0 Å². The molecule has 0 heterocycles. The van der Waals surface area contributed by atoms with Crippen LogP contribution in [0.3, 0.4) is 0 Å². The third kappa shape index (κ3) is 2.53. The van der Waals surface area contributed by atoms with Crippen LogP contribution in [0.1, 0.15) is 0 Å². The van der Waals surface area contributed by atoms with Gasteiger partial charge in [-0.05, 0) is 18.2 Å². The molecule has 0 aromatic heterocycles. The molecule has 0 spiro atoms. The Morgan fingerprint density at radius 1 is 1.43 bits per heavy atom. The Morgan fingerprint density at radius 2 is 2.07 bits per heavy atom. The molecule has 0 aliphatic heterocycles. The Hall–Kier alpha value is -0.920. The number of hydrogen-bond acceptors (Lipinski definition) is 4. The Labute approximate surface area is 89.0 Å². The van der Waals surface area contributed by atoms with Gasteiger partial charge in [-0.3, -0.25) is 4.79 Å². The van der Waals surface area contributed by atoms with Crippen LogP contribution in [0.4, 0.5) is 0 Å². The van der Waals surface area contributed by atoms with E-state index in [0.717, 1.165) is 0 Å². The first-order valence-electron chi connectivity index (χ1n) is 3.38. The smallest absolute Gasteiger partial charge is 0.298 e. The minimum Gasteiger partial charge on any atom is -0.427 e. The normalized spacial score (nSPS) is 11.0. The predicted octanol–water partition coefficient (Wildman–Crippen LogP) is 0.632. The number of ether oxygens (including phenoxy) is 1. The van der Waals surface area contributed by atoms with Gasteiger partial charge in [-0.25, -0.2) is 13.6 Å². The van der Waals surface area contributed by atoms with E-state index in [9.17, 15) is 13.2 Å². The molecule has 0 aliphatic carbocycles. The highest BCUT2D eigenvalue weighted by atomic mass is 79.9. The maximum Gasteiger partial charge on any atom is 0.298 e. The van der Waals surface area contributed by atoms with E-state index in [1.807, 2.05) is 0 Å². The van der Waals surface area contributed by atoms with Crippen LogP contribution < -0.4 is 9.88 Å². The van der Waals surface area contributed by atoms with Crippen LogP contribution in [-0.4, -0.2) is 14.9 Å². The van der Waals surface area contributed by atoms with Gasteiger partial charge in [-0.2, -0.15) is 0 Å². The van der Waals surface area contributed by atoms with Crippen LogP contribution in [0.25, 0.3) is 0 Å². The molecule has 0 radical (unpaired) electrons. The molecule has 1 aromatic carbocycles. The lowest BCUT2D eigenvalue weighted by atomic mass is 10.3. The van der Waals surface area contributed by atoms with Crippen molar-refractivity contribution in [1.82, 2.24) is 0 Å². The van der Waals surface area contributed by atoms with Gasteiger partial charge in [0.15, 0.2) is 5.75 Å². The van der Waals surface area contributed by atoms with Crippen molar-refractivity contribution in [3.05, 3.63) is 22.7 Å². The van der Waals surface area contributed by atoms with Gasteiger partial charge >= 0.3 is 0 Å². The van der Waals surface area contributed by atoms with Gasteiger partial charge in [0, 0.05) is 4.47 Å². The first kappa shape index (κ1) is 11.2. The lowest BCUT2D eigenvalue weighted by Gasteiger charge is -2.04. The molecule has 14 heavy (non-hydrogen) atoms. The number of nitrogens with two attached hydrogens (primary N) is 1. The molecule has 1 aromatic rings. The van der Waals surface area contributed by atoms with E-state index < -0.39 is 10.0 Å². The van der Waals surface area contributed by atoms with Crippen molar-refractivity contribution >= 4 is 32.4 Å². The molecule has 0 bridgehead atoms. The number of hydrogen-bond donors (Lipinski definition) is 1. The van der Waals surface area contributed by atoms with Gasteiger partial charge < -0.3 is 4.74 Å². The summed E-state index contributed by atoms with van der Waals surface area (Å²) in [5.41, 5.74) is 0. The molecule has 0 fully saturated rings. The molecule has 1 rings (SSSR count). The summed E-state index contributed by atoms with van der Waals surface area (Å²) in [7, 11) is -3.89. The van der Waals surface area contributed by atoms with Crippen LogP contribution >= 0.6 is 15.9 Å². The Kier molecular flexibility index (Phi) is 3.25. The second kappa shape index (κ2) is 4.07. The largest absolute Gasteiger partial charge is 0.427 e. The average molecular weight is 280 g/mol. The number of primary sulfonamides is 1. The van der Waals surface area contributed by atoms with Gasteiger partial charge in [0.2, 0.25) is 10.0 Å². The van der Waals surface area contributed by atoms with E-state index in [1.165, 1.54) is 18.2 Å². The number of carbonyl (C=O) groups is 1. The SMILES string of the molecule is NS(=O)(=O)c1cc(Br)ccc1OC=O. The molecule has 76 valence electrons. The molecule has 5 nitrogen and oxygen atoms in total. The molecule has 0 amide bonds. The maximum absolute atomic E-state index is 11.0. The molecular formula is C7H6BrNO4S. The molecule has 0 unspecified atom stereocenters. The highest BCUT2D eigenvalue weighted by Crippen LogP contribution is 2.25. The van der Waals surface area contributed by atoms with Crippen molar-refractivity contribution in [2.45, 2.75) is 4.90 Å². The average Bonchev–Trinajstić information content (AvgIpc) is 2.07. The molecule has 7 heteroatoms. The van der Waals surface area contributed by atoms with Crippen molar-refractivity contribution in [2.75, 3.05) is 0 Å². The Bertz CT molecular complexity index is 457. The van der Waals surface area contributed by atoms with Crippen molar-refractivity contribution in [3.63, 3.8) is 0 Å². The summed E-state index contributed by atoms with van der Waals surface area (Å²) in [6.45, 7) is 0.137. The summed E-state index contributed by atoms with van der Waals surface area (Å²) in [6.07, 6.45) is 0. The summed E-state index contributed by atoms with van der Waals surface area (Å²) >= 11 is 3.08. The molecule has 0 aliphatic rings. The zero-order valence-corrected chi connectivity index (χ0v) is 9.21. The fourth-order valence-corrected chi connectivity index (χ4v) is 2.05. The number of sulfonamides is 1. The van der Waals surface area contributed by atoms with Gasteiger partial charge in [-0.15, -0.1) is 0 Å². The monoisotopic (exact) mass is 279 g/mol. The van der Waals surface area contributed by atoms with Crippen molar-refractivity contribution < 1.29 is 17.9 Å². The molecule has 2 N–H and O–H groups in total. The third-order valence-electron chi connectivity index (χ3n) is 1.39. The molecule has 0 atom stereocenters. The summed E-state index contributed by atoms with van der Waals surface area (Å²) in [5.74, 6) is -0.0919. The van der Waals surface area contributed by atoms with E-state index in [-0.39, 0.29) is 17.1 Å².